The molecule has 0 bridgehead atoms. The number of ether oxygens (including phenoxy) is 1. The standard InChI is InChI=1S/C22H27F2NO3/c1-15(26)20(22(2,27)21(23)24)25-14-4-5-16-6-8-17(9-7-16)18-10-12-19(28-3)13-11-18/h6-13,20-21,25,27H,4-5,14H2,1-3H3/t20-,22+/m1/s1. The number of methoxy groups -OCH3 is 1. The lowest BCUT2D eigenvalue weighted by atomic mass is 9.93. The quantitative estimate of drug-likeness (QED) is 0.604. The van der Waals surface area contributed by atoms with Crippen LogP contribution in [0.4, 0.5) is 8.78 Å². The SMILES string of the molecule is COc1ccc(-c2ccc(CCCN[C@H](C(C)=O)[C@](C)(O)C(F)F)cc2)cc1. The zero-order valence-electron chi connectivity index (χ0n) is 16.4. The number of carbonyl (C=O) groups is 1. The topological polar surface area (TPSA) is 58.6 Å². The van der Waals surface area contributed by atoms with Gasteiger partial charge in [-0.1, -0.05) is 36.4 Å². The van der Waals surface area contributed by atoms with E-state index in [0.717, 1.165) is 35.8 Å². The van der Waals surface area contributed by atoms with Crippen molar-refractivity contribution < 1.29 is 23.4 Å². The third-order valence-corrected chi connectivity index (χ3v) is 4.80. The molecule has 2 rings (SSSR count). The van der Waals surface area contributed by atoms with E-state index in [0.29, 0.717) is 13.0 Å². The van der Waals surface area contributed by atoms with E-state index in [4.69, 9.17) is 4.74 Å². The zero-order valence-corrected chi connectivity index (χ0v) is 16.4. The molecule has 0 fully saturated rings. The molecular formula is C22H27F2NO3. The van der Waals surface area contributed by atoms with Gasteiger partial charge in [-0.05, 0) is 62.1 Å². The molecule has 0 unspecified atom stereocenters. The summed E-state index contributed by atoms with van der Waals surface area (Å²) in [5.74, 6) is 0.302. The Bertz CT molecular complexity index is 758. The summed E-state index contributed by atoms with van der Waals surface area (Å²) in [6, 6.07) is 14.6. The number of Topliss-reactive ketones (excluding diaryl/α,β-unsaturated/α-hetero) is 1. The van der Waals surface area contributed by atoms with Crippen molar-refractivity contribution in [2.75, 3.05) is 13.7 Å². The van der Waals surface area contributed by atoms with Crippen LogP contribution in [-0.4, -0.2) is 42.6 Å². The fourth-order valence-electron chi connectivity index (χ4n) is 3.07. The summed E-state index contributed by atoms with van der Waals surface area (Å²) < 4.78 is 31.1. The van der Waals surface area contributed by atoms with Crippen LogP contribution in [0.3, 0.4) is 0 Å². The van der Waals surface area contributed by atoms with Gasteiger partial charge in [0.1, 0.15) is 23.2 Å². The molecule has 0 aliphatic carbocycles. The number of aryl methyl sites for hydroxylation is 1. The minimum Gasteiger partial charge on any atom is -0.497 e. The number of halogens is 2. The Balaban J connectivity index is 1.88. The highest BCUT2D eigenvalue weighted by atomic mass is 19.3. The molecule has 2 atom stereocenters. The number of nitrogens with one attached hydrogen (secondary N) is 1. The summed E-state index contributed by atoms with van der Waals surface area (Å²) in [6.07, 6.45) is -1.61. The van der Waals surface area contributed by atoms with Crippen LogP contribution in [0.15, 0.2) is 48.5 Å². The lowest BCUT2D eigenvalue weighted by molar-refractivity contribution is -0.139. The highest BCUT2D eigenvalue weighted by Gasteiger charge is 2.43. The molecule has 2 N–H and O–H groups in total. The first-order chi connectivity index (χ1) is 13.3. The number of benzene rings is 2. The van der Waals surface area contributed by atoms with Gasteiger partial charge in [0, 0.05) is 0 Å². The summed E-state index contributed by atoms with van der Waals surface area (Å²) in [5, 5.41) is 12.6. The first-order valence-corrected chi connectivity index (χ1v) is 9.23. The first-order valence-electron chi connectivity index (χ1n) is 9.23. The molecule has 0 heterocycles. The van der Waals surface area contributed by atoms with Gasteiger partial charge in [-0.2, -0.15) is 0 Å². The van der Waals surface area contributed by atoms with E-state index in [1.165, 1.54) is 6.92 Å². The van der Waals surface area contributed by atoms with Crippen molar-refractivity contribution in [1.29, 1.82) is 0 Å². The lowest BCUT2D eigenvalue weighted by Crippen LogP contribution is -2.57. The number of hydrogen-bond acceptors (Lipinski definition) is 4. The molecule has 4 nitrogen and oxygen atoms in total. The van der Waals surface area contributed by atoms with Gasteiger partial charge in [0.05, 0.1) is 7.11 Å². The Labute approximate surface area is 164 Å². The summed E-state index contributed by atoms with van der Waals surface area (Å²) in [5.41, 5.74) is 0.909. The Morgan fingerprint density at radius 2 is 1.64 bits per heavy atom. The molecule has 0 aliphatic rings. The third kappa shape index (κ3) is 5.59. The van der Waals surface area contributed by atoms with E-state index in [1.54, 1.807) is 7.11 Å². The van der Waals surface area contributed by atoms with E-state index in [9.17, 15) is 18.7 Å². The number of aliphatic hydroxyl groups is 1. The summed E-state index contributed by atoms with van der Waals surface area (Å²) in [6.45, 7) is 2.54. The molecule has 0 saturated carbocycles. The van der Waals surface area contributed by atoms with Gasteiger partial charge in [0.2, 0.25) is 0 Å². The van der Waals surface area contributed by atoms with E-state index in [1.807, 2.05) is 48.5 Å². The normalized spacial score (nSPS) is 14.5. The van der Waals surface area contributed by atoms with Crippen LogP contribution in [0.2, 0.25) is 0 Å². The smallest absolute Gasteiger partial charge is 0.268 e. The number of ketones is 1. The Hall–Kier alpha value is -2.31. The molecule has 6 heteroatoms. The third-order valence-electron chi connectivity index (χ3n) is 4.80. The molecule has 0 aromatic heterocycles. The monoisotopic (exact) mass is 391 g/mol. The van der Waals surface area contributed by atoms with Crippen molar-refractivity contribution in [3.05, 3.63) is 54.1 Å². The van der Waals surface area contributed by atoms with Crippen LogP contribution in [0, 0.1) is 0 Å². The molecule has 0 radical (unpaired) electrons. The average molecular weight is 391 g/mol. The van der Waals surface area contributed by atoms with Gasteiger partial charge in [-0.3, -0.25) is 4.79 Å². The fourth-order valence-corrected chi connectivity index (χ4v) is 3.07. The molecule has 0 amide bonds. The van der Waals surface area contributed by atoms with Crippen molar-refractivity contribution >= 4 is 5.78 Å². The maximum atomic E-state index is 13.0. The van der Waals surface area contributed by atoms with Crippen LogP contribution in [0.1, 0.15) is 25.8 Å². The van der Waals surface area contributed by atoms with E-state index in [2.05, 4.69) is 5.32 Å². The van der Waals surface area contributed by atoms with Gasteiger partial charge in [0.25, 0.3) is 6.43 Å². The lowest BCUT2D eigenvalue weighted by Gasteiger charge is -2.31. The van der Waals surface area contributed by atoms with Gasteiger partial charge in [-0.15, -0.1) is 0 Å². The maximum Gasteiger partial charge on any atom is 0.268 e. The highest BCUT2D eigenvalue weighted by molar-refractivity contribution is 5.82. The second-order valence-electron chi connectivity index (χ2n) is 7.05. The summed E-state index contributed by atoms with van der Waals surface area (Å²) >= 11 is 0. The molecule has 2 aromatic rings. The summed E-state index contributed by atoms with van der Waals surface area (Å²) in [4.78, 5) is 11.6. The van der Waals surface area contributed by atoms with Crippen LogP contribution in [0.5, 0.6) is 5.75 Å². The van der Waals surface area contributed by atoms with Gasteiger partial charge in [0.15, 0.2) is 0 Å². The Morgan fingerprint density at radius 3 is 2.11 bits per heavy atom. The van der Waals surface area contributed by atoms with Crippen LogP contribution < -0.4 is 10.1 Å². The van der Waals surface area contributed by atoms with Crippen molar-refractivity contribution in [3.8, 4) is 16.9 Å². The van der Waals surface area contributed by atoms with Gasteiger partial charge >= 0.3 is 0 Å². The molecule has 0 spiro atoms. The van der Waals surface area contributed by atoms with Crippen molar-refractivity contribution in [3.63, 3.8) is 0 Å². The molecular weight excluding hydrogens is 364 g/mol. The van der Waals surface area contributed by atoms with Crippen molar-refractivity contribution in [2.24, 2.45) is 0 Å². The van der Waals surface area contributed by atoms with Crippen LogP contribution in [0.25, 0.3) is 11.1 Å². The second-order valence-corrected chi connectivity index (χ2v) is 7.05. The fraction of sp³-hybridized carbons (Fsp3) is 0.409. The number of carbonyl (C=O) groups excluding carboxylic acids is 1. The molecule has 2 aromatic carbocycles. The molecule has 0 aliphatic heterocycles. The minimum absolute atomic E-state index is 0.355. The molecule has 28 heavy (non-hydrogen) atoms. The Morgan fingerprint density at radius 1 is 1.11 bits per heavy atom. The minimum atomic E-state index is -3.00. The van der Waals surface area contributed by atoms with Gasteiger partial charge in [-0.25, -0.2) is 8.78 Å². The largest absolute Gasteiger partial charge is 0.497 e. The highest BCUT2D eigenvalue weighted by Crippen LogP contribution is 2.23. The zero-order chi connectivity index (χ0) is 20.7. The maximum absolute atomic E-state index is 13.0. The van der Waals surface area contributed by atoms with E-state index < -0.39 is 23.9 Å². The van der Waals surface area contributed by atoms with Crippen LogP contribution >= 0.6 is 0 Å². The summed E-state index contributed by atoms with van der Waals surface area (Å²) in [7, 11) is 1.63. The predicted molar refractivity (Wildman–Crippen MR) is 106 cm³/mol. The van der Waals surface area contributed by atoms with Gasteiger partial charge < -0.3 is 15.2 Å². The number of rotatable bonds is 10. The number of alkyl halides is 2. The van der Waals surface area contributed by atoms with E-state index in [-0.39, 0.29) is 0 Å². The van der Waals surface area contributed by atoms with Crippen molar-refractivity contribution in [1.82, 2.24) is 5.32 Å². The molecule has 0 saturated heterocycles. The van der Waals surface area contributed by atoms with Crippen molar-refractivity contribution in [2.45, 2.75) is 44.8 Å². The predicted octanol–water partition coefficient (Wildman–Crippen LogP) is 3.86. The first kappa shape index (κ1) is 22.0. The average Bonchev–Trinajstić information content (AvgIpc) is 2.67. The number of hydrogen-bond donors (Lipinski definition) is 2. The van der Waals surface area contributed by atoms with Crippen LogP contribution in [-0.2, 0) is 11.2 Å². The second kappa shape index (κ2) is 9.75. The molecule has 152 valence electrons. The Kier molecular flexibility index (Phi) is 7.66. The van der Waals surface area contributed by atoms with E-state index >= 15 is 0 Å².